The molecule has 0 saturated heterocycles. The third-order valence-electron chi connectivity index (χ3n) is 2.47. The van der Waals surface area contributed by atoms with E-state index >= 15 is 0 Å². The van der Waals surface area contributed by atoms with E-state index in [-0.39, 0.29) is 27.8 Å². The second-order valence-electron chi connectivity index (χ2n) is 3.97. The zero-order valence-electron chi connectivity index (χ0n) is 10.5. The van der Waals surface area contributed by atoms with Crippen molar-refractivity contribution in [3.8, 4) is 0 Å². The Hall–Kier alpha value is -1.52. The molecule has 2 rings (SSSR count). The maximum Gasteiger partial charge on any atom is 0.275 e. The molecule has 1 aromatic heterocycles. The van der Waals surface area contributed by atoms with Crippen molar-refractivity contribution in [3.63, 3.8) is 0 Å². The van der Waals surface area contributed by atoms with Gasteiger partial charge in [-0.25, -0.2) is 18.5 Å². The lowest BCUT2D eigenvalue weighted by Crippen LogP contribution is -2.15. The van der Waals surface area contributed by atoms with Crippen molar-refractivity contribution in [2.45, 2.75) is 11.4 Å². The van der Waals surface area contributed by atoms with Gasteiger partial charge >= 0.3 is 0 Å². The van der Waals surface area contributed by atoms with E-state index in [1.165, 1.54) is 29.5 Å². The number of thiazole rings is 1. The molecule has 0 radical (unpaired) electrons. The molecular formula is C11H11ClN4O3S2. The van der Waals surface area contributed by atoms with Crippen LogP contribution in [0.2, 0.25) is 5.02 Å². The predicted octanol–water partition coefficient (Wildman–Crippen LogP) is 1.15. The molecule has 0 unspecified atom stereocenters. The molecule has 0 spiro atoms. The second-order valence-corrected chi connectivity index (χ2v) is 6.88. The zero-order chi connectivity index (χ0) is 15.6. The Labute approximate surface area is 130 Å². The first kappa shape index (κ1) is 15.9. The summed E-state index contributed by atoms with van der Waals surface area (Å²) in [6.45, 7) is 0.236. The molecule has 0 atom stereocenters. The molecule has 0 aliphatic carbocycles. The Balaban J connectivity index is 2.28. The van der Waals surface area contributed by atoms with Crippen molar-refractivity contribution in [2.75, 3.05) is 5.32 Å². The first-order chi connectivity index (χ1) is 9.81. The number of primary sulfonamides is 1. The zero-order valence-corrected chi connectivity index (χ0v) is 12.9. The Bertz CT molecular complexity index is 789. The number of rotatable bonds is 4. The smallest absolute Gasteiger partial charge is 0.275 e. The highest BCUT2D eigenvalue weighted by molar-refractivity contribution is 7.89. The van der Waals surface area contributed by atoms with Crippen molar-refractivity contribution in [1.29, 1.82) is 0 Å². The van der Waals surface area contributed by atoms with Gasteiger partial charge in [0.1, 0.15) is 10.7 Å². The average Bonchev–Trinajstić information content (AvgIpc) is 2.88. The number of anilines is 1. The van der Waals surface area contributed by atoms with Crippen LogP contribution in [0.5, 0.6) is 0 Å². The van der Waals surface area contributed by atoms with E-state index < -0.39 is 15.9 Å². The number of benzene rings is 1. The number of nitrogens with zero attached hydrogens (tertiary/aromatic N) is 1. The van der Waals surface area contributed by atoms with Gasteiger partial charge in [-0.3, -0.25) is 4.79 Å². The van der Waals surface area contributed by atoms with E-state index in [2.05, 4.69) is 10.3 Å². The van der Waals surface area contributed by atoms with Crippen molar-refractivity contribution in [3.05, 3.63) is 39.3 Å². The van der Waals surface area contributed by atoms with Crippen molar-refractivity contribution >= 4 is 44.6 Å². The summed E-state index contributed by atoms with van der Waals surface area (Å²) in [5, 5.41) is 9.87. The quantitative estimate of drug-likeness (QED) is 0.765. The highest BCUT2D eigenvalue weighted by atomic mass is 35.5. The molecule has 1 heterocycles. The van der Waals surface area contributed by atoms with Crippen LogP contribution in [0, 0.1) is 0 Å². The molecule has 10 heteroatoms. The topological polar surface area (TPSA) is 128 Å². The van der Waals surface area contributed by atoms with Crippen molar-refractivity contribution in [1.82, 2.24) is 4.98 Å². The van der Waals surface area contributed by atoms with Crippen LogP contribution in [0.4, 0.5) is 5.69 Å². The van der Waals surface area contributed by atoms with Gasteiger partial charge in [0.05, 0.1) is 15.6 Å². The van der Waals surface area contributed by atoms with Gasteiger partial charge < -0.3 is 11.1 Å². The van der Waals surface area contributed by atoms with Gasteiger partial charge in [-0.15, -0.1) is 11.3 Å². The number of carbonyl (C=O) groups is 1. The van der Waals surface area contributed by atoms with Gasteiger partial charge in [0, 0.05) is 11.9 Å². The Morgan fingerprint density at radius 1 is 1.43 bits per heavy atom. The highest BCUT2D eigenvalue weighted by Crippen LogP contribution is 2.25. The molecule has 21 heavy (non-hydrogen) atoms. The minimum absolute atomic E-state index is 0.135. The third kappa shape index (κ3) is 3.77. The molecule has 1 aromatic carbocycles. The molecule has 5 N–H and O–H groups in total. The van der Waals surface area contributed by atoms with Gasteiger partial charge in [-0.05, 0) is 18.2 Å². The van der Waals surface area contributed by atoms with E-state index in [4.69, 9.17) is 22.5 Å². The fraction of sp³-hybridized carbons (Fsp3) is 0.0909. The summed E-state index contributed by atoms with van der Waals surface area (Å²) < 4.78 is 22.6. The maximum absolute atomic E-state index is 12.0. The summed E-state index contributed by atoms with van der Waals surface area (Å²) in [5.74, 6) is -0.514. The number of hydrogen-bond acceptors (Lipinski definition) is 6. The van der Waals surface area contributed by atoms with Crippen LogP contribution in [0.1, 0.15) is 15.5 Å². The van der Waals surface area contributed by atoms with Crippen LogP contribution < -0.4 is 16.2 Å². The van der Waals surface area contributed by atoms with Crippen LogP contribution in [0.15, 0.2) is 28.5 Å². The largest absolute Gasteiger partial charge is 0.325 e. The minimum Gasteiger partial charge on any atom is -0.325 e. The number of halogens is 1. The van der Waals surface area contributed by atoms with E-state index in [9.17, 15) is 13.2 Å². The second kappa shape index (κ2) is 6.08. The Morgan fingerprint density at radius 2 is 2.14 bits per heavy atom. The van der Waals surface area contributed by atoms with Crippen LogP contribution >= 0.6 is 22.9 Å². The van der Waals surface area contributed by atoms with Crippen LogP contribution in [-0.4, -0.2) is 19.3 Å². The number of aromatic nitrogens is 1. The van der Waals surface area contributed by atoms with Gasteiger partial charge in [0.2, 0.25) is 10.0 Å². The first-order valence-electron chi connectivity index (χ1n) is 5.59. The number of nitrogens with one attached hydrogen (secondary N) is 1. The standard InChI is InChI=1S/C11H11ClN4O3S2/c12-7-2-1-6(21(14,18)19)3-8(7)16-11(17)9-5-20-10(4-13)15-9/h1-3,5H,4,13H2,(H,16,17)(H2,14,18,19). The summed E-state index contributed by atoms with van der Waals surface area (Å²) in [4.78, 5) is 15.9. The number of nitrogens with two attached hydrogens (primary N) is 2. The lowest BCUT2D eigenvalue weighted by atomic mass is 10.3. The molecule has 0 aliphatic rings. The van der Waals surface area contributed by atoms with E-state index in [1.807, 2.05) is 0 Å². The molecule has 1 amide bonds. The summed E-state index contributed by atoms with van der Waals surface area (Å²) in [6, 6.07) is 3.78. The number of carbonyl (C=O) groups excluding carboxylic acids is 1. The monoisotopic (exact) mass is 346 g/mol. The van der Waals surface area contributed by atoms with E-state index in [0.717, 1.165) is 0 Å². The molecule has 0 saturated carbocycles. The fourth-order valence-electron chi connectivity index (χ4n) is 1.47. The van der Waals surface area contributed by atoms with Gasteiger partial charge in [-0.1, -0.05) is 11.6 Å². The molecule has 0 bridgehead atoms. The third-order valence-corrected chi connectivity index (χ3v) is 4.59. The fourth-order valence-corrected chi connectivity index (χ4v) is 2.83. The van der Waals surface area contributed by atoms with Gasteiger partial charge in [0.15, 0.2) is 0 Å². The molecule has 0 aliphatic heterocycles. The molecule has 2 aromatic rings. The molecule has 0 fully saturated rings. The maximum atomic E-state index is 12.0. The minimum atomic E-state index is -3.88. The van der Waals surface area contributed by atoms with Crippen molar-refractivity contribution < 1.29 is 13.2 Å². The van der Waals surface area contributed by atoms with E-state index in [0.29, 0.717) is 5.01 Å². The first-order valence-corrected chi connectivity index (χ1v) is 8.40. The lowest BCUT2D eigenvalue weighted by molar-refractivity contribution is 0.102. The number of hydrogen-bond donors (Lipinski definition) is 3. The SMILES string of the molecule is NCc1nc(C(=O)Nc2cc(S(N)(=O)=O)ccc2Cl)cs1. The molecule has 7 nitrogen and oxygen atoms in total. The summed E-state index contributed by atoms with van der Waals surface area (Å²) in [6.07, 6.45) is 0. The summed E-state index contributed by atoms with van der Waals surface area (Å²) >= 11 is 7.18. The predicted molar refractivity (Wildman–Crippen MR) is 80.8 cm³/mol. The van der Waals surface area contributed by atoms with Crippen LogP contribution in [0.25, 0.3) is 0 Å². The molecule has 112 valence electrons. The number of amides is 1. The Kier molecular flexibility index (Phi) is 4.59. The molecular weight excluding hydrogens is 336 g/mol. The Morgan fingerprint density at radius 3 is 2.71 bits per heavy atom. The van der Waals surface area contributed by atoms with Gasteiger partial charge in [-0.2, -0.15) is 0 Å². The average molecular weight is 347 g/mol. The van der Waals surface area contributed by atoms with Crippen LogP contribution in [0.3, 0.4) is 0 Å². The van der Waals surface area contributed by atoms with Crippen LogP contribution in [-0.2, 0) is 16.6 Å². The highest BCUT2D eigenvalue weighted by Gasteiger charge is 2.15. The van der Waals surface area contributed by atoms with E-state index in [1.54, 1.807) is 5.38 Å². The summed E-state index contributed by atoms with van der Waals surface area (Å²) in [5.41, 5.74) is 5.74. The van der Waals surface area contributed by atoms with Crippen molar-refractivity contribution in [2.24, 2.45) is 10.9 Å². The normalized spacial score (nSPS) is 11.4. The number of sulfonamides is 1. The summed E-state index contributed by atoms with van der Waals surface area (Å²) in [7, 11) is -3.88. The van der Waals surface area contributed by atoms with Gasteiger partial charge in [0.25, 0.3) is 5.91 Å². The lowest BCUT2D eigenvalue weighted by Gasteiger charge is -2.07.